The smallest absolute Gasteiger partial charge is 0.0443 e. The maximum atomic E-state index is 9.04. The topological polar surface area (TPSA) is 23.5 Å². The lowest BCUT2D eigenvalue weighted by atomic mass is 10.2. The molecule has 0 heterocycles. The van der Waals surface area contributed by atoms with E-state index in [1.807, 2.05) is 24.3 Å². The molecule has 0 unspecified atom stereocenters. The molecule has 21 heavy (non-hydrogen) atoms. The molecule has 0 aliphatic carbocycles. The molecule has 0 amide bonds. The van der Waals surface area contributed by atoms with Gasteiger partial charge in [-0.05, 0) is 17.5 Å². The third-order valence-corrected chi connectivity index (χ3v) is 3.35. The summed E-state index contributed by atoms with van der Waals surface area (Å²) in [5, 5.41) is 9.04. The number of aliphatic hydroxyl groups is 1. The zero-order valence-corrected chi connectivity index (χ0v) is 12.4. The average Bonchev–Trinajstić information content (AvgIpc) is 2.54. The second-order valence-electron chi connectivity index (χ2n) is 5.11. The third-order valence-electron chi connectivity index (χ3n) is 3.35. The molecule has 0 aliphatic heterocycles. The van der Waals surface area contributed by atoms with E-state index in [0.29, 0.717) is 0 Å². The van der Waals surface area contributed by atoms with E-state index < -0.39 is 0 Å². The lowest BCUT2D eigenvalue weighted by Gasteiger charge is -2.20. The molecule has 0 saturated carbocycles. The molecule has 0 bridgehead atoms. The number of hydrogen-bond donors (Lipinski definition) is 1. The Morgan fingerprint density at radius 3 is 2.24 bits per heavy atom. The van der Waals surface area contributed by atoms with Gasteiger partial charge in [-0.25, -0.2) is 0 Å². The maximum absolute atomic E-state index is 9.04. The van der Waals surface area contributed by atoms with Gasteiger partial charge in [0, 0.05) is 26.2 Å². The first-order valence-corrected chi connectivity index (χ1v) is 7.47. The van der Waals surface area contributed by atoms with E-state index in [1.165, 1.54) is 11.1 Å². The number of aliphatic hydroxyl groups excluding tert-OH is 1. The summed E-state index contributed by atoms with van der Waals surface area (Å²) < 4.78 is 0. The van der Waals surface area contributed by atoms with E-state index in [4.69, 9.17) is 5.11 Å². The van der Waals surface area contributed by atoms with Crippen LogP contribution in [0.2, 0.25) is 0 Å². The molecule has 2 aromatic carbocycles. The largest absolute Gasteiger partial charge is 0.396 e. The number of hydrogen-bond acceptors (Lipinski definition) is 2. The van der Waals surface area contributed by atoms with Crippen molar-refractivity contribution in [1.29, 1.82) is 0 Å². The van der Waals surface area contributed by atoms with Gasteiger partial charge in [-0.2, -0.15) is 0 Å². The SMILES string of the molecule is OCCCN(C/C=C/c1ccccc1)Cc1ccccc1. The van der Waals surface area contributed by atoms with Crippen LogP contribution >= 0.6 is 0 Å². The minimum atomic E-state index is 0.244. The van der Waals surface area contributed by atoms with Crippen LogP contribution in [0.4, 0.5) is 0 Å². The highest BCUT2D eigenvalue weighted by molar-refractivity contribution is 5.48. The molecule has 0 fully saturated rings. The summed E-state index contributed by atoms with van der Waals surface area (Å²) in [6.45, 7) is 2.96. The minimum Gasteiger partial charge on any atom is -0.396 e. The van der Waals surface area contributed by atoms with Crippen molar-refractivity contribution in [2.24, 2.45) is 0 Å². The molecule has 0 aliphatic rings. The Morgan fingerprint density at radius 1 is 0.905 bits per heavy atom. The molecule has 2 aromatic rings. The summed E-state index contributed by atoms with van der Waals surface area (Å²) in [5.74, 6) is 0. The van der Waals surface area contributed by atoms with Crippen LogP contribution in [0.15, 0.2) is 66.7 Å². The van der Waals surface area contributed by atoms with Crippen molar-refractivity contribution in [1.82, 2.24) is 4.90 Å². The molecule has 110 valence electrons. The Kier molecular flexibility index (Phi) is 6.72. The quantitative estimate of drug-likeness (QED) is 0.799. The van der Waals surface area contributed by atoms with Gasteiger partial charge in [-0.1, -0.05) is 72.8 Å². The van der Waals surface area contributed by atoms with Crippen LogP contribution in [0.1, 0.15) is 17.5 Å². The predicted octanol–water partition coefficient (Wildman–Crippen LogP) is 3.58. The fourth-order valence-corrected chi connectivity index (χ4v) is 2.27. The molecule has 1 N–H and O–H groups in total. The zero-order chi connectivity index (χ0) is 14.8. The predicted molar refractivity (Wildman–Crippen MR) is 88.9 cm³/mol. The number of rotatable bonds is 8. The Morgan fingerprint density at radius 2 is 1.57 bits per heavy atom. The van der Waals surface area contributed by atoms with Gasteiger partial charge in [-0.3, -0.25) is 4.90 Å². The fourth-order valence-electron chi connectivity index (χ4n) is 2.27. The first-order chi connectivity index (χ1) is 10.4. The van der Waals surface area contributed by atoms with Crippen molar-refractivity contribution < 1.29 is 5.11 Å². The van der Waals surface area contributed by atoms with E-state index in [9.17, 15) is 0 Å². The molecule has 0 radical (unpaired) electrons. The van der Waals surface area contributed by atoms with Crippen molar-refractivity contribution >= 4 is 6.08 Å². The van der Waals surface area contributed by atoms with Crippen LogP contribution < -0.4 is 0 Å². The first-order valence-electron chi connectivity index (χ1n) is 7.47. The van der Waals surface area contributed by atoms with Gasteiger partial charge in [-0.15, -0.1) is 0 Å². The van der Waals surface area contributed by atoms with Gasteiger partial charge >= 0.3 is 0 Å². The Bertz CT molecular complexity index is 522. The monoisotopic (exact) mass is 281 g/mol. The molecular formula is C19H23NO. The molecule has 2 rings (SSSR count). The second kappa shape index (κ2) is 9.11. The van der Waals surface area contributed by atoms with Crippen molar-refractivity contribution in [2.45, 2.75) is 13.0 Å². The first kappa shape index (κ1) is 15.5. The normalized spacial score (nSPS) is 11.3. The molecule has 2 nitrogen and oxygen atoms in total. The highest BCUT2D eigenvalue weighted by Crippen LogP contribution is 2.06. The van der Waals surface area contributed by atoms with Crippen LogP contribution in [0.5, 0.6) is 0 Å². The fraction of sp³-hybridized carbons (Fsp3) is 0.263. The standard InChI is InChI=1S/C19H23NO/c21-16-8-15-20(17-19-11-5-2-6-12-19)14-7-13-18-9-3-1-4-10-18/h1-7,9-13,21H,8,14-17H2/b13-7+. The highest BCUT2D eigenvalue weighted by atomic mass is 16.3. The summed E-state index contributed by atoms with van der Waals surface area (Å²) in [5.41, 5.74) is 2.53. The van der Waals surface area contributed by atoms with Crippen LogP contribution in [0, 0.1) is 0 Å². The van der Waals surface area contributed by atoms with Crippen molar-refractivity contribution in [3.05, 3.63) is 77.9 Å². The number of benzene rings is 2. The van der Waals surface area contributed by atoms with E-state index in [0.717, 1.165) is 26.1 Å². The average molecular weight is 281 g/mol. The van der Waals surface area contributed by atoms with E-state index in [-0.39, 0.29) is 6.61 Å². The van der Waals surface area contributed by atoms with Crippen LogP contribution in [0.25, 0.3) is 6.08 Å². The van der Waals surface area contributed by atoms with Crippen LogP contribution in [-0.2, 0) is 6.54 Å². The van der Waals surface area contributed by atoms with Crippen LogP contribution in [-0.4, -0.2) is 29.7 Å². The molecular weight excluding hydrogens is 258 g/mol. The summed E-state index contributed by atoms with van der Waals surface area (Å²) in [6.07, 6.45) is 5.15. The summed E-state index contributed by atoms with van der Waals surface area (Å²) in [6, 6.07) is 20.8. The number of nitrogens with zero attached hydrogens (tertiary/aromatic N) is 1. The summed E-state index contributed by atoms with van der Waals surface area (Å²) >= 11 is 0. The van der Waals surface area contributed by atoms with E-state index >= 15 is 0 Å². The Hall–Kier alpha value is -1.90. The summed E-state index contributed by atoms with van der Waals surface area (Å²) in [7, 11) is 0. The maximum Gasteiger partial charge on any atom is 0.0443 e. The molecule has 0 saturated heterocycles. The summed E-state index contributed by atoms with van der Waals surface area (Å²) in [4.78, 5) is 2.35. The van der Waals surface area contributed by atoms with E-state index in [2.05, 4.69) is 53.5 Å². The highest BCUT2D eigenvalue weighted by Gasteiger charge is 2.03. The van der Waals surface area contributed by atoms with Crippen molar-refractivity contribution in [3.63, 3.8) is 0 Å². The van der Waals surface area contributed by atoms with E-state index in [1.54, 1.807) is 0 Å². The molecule has 0 aromatic heterocycles. The van der Waals surface area contributed by atoms with Gasteiger partial charge in [0.05, 0.1) is 0 Å². The minimum absolute atomic E-state index is 0.244. The Balaban J connectivity index is 1.91. The molecule has 0 spiro atoms. The zero-order valence-electron chi connectivity index (χ0n) is 12.4. The third kappa shape index (κ3) is 5.94. The van der Waals surface area contributed by atoms with Gasteiger partial charge in [0.2, 0.25) is 0 Å². The van der Waals surface area contributed by atoms with Gasteiger partial charge < -0.3 is 5.11 Å². The van der Waals surface area contributed by atoms with Crippen molar-refractivity contribution in [3.8, 4) is 0 Å². The van der Waals surface area contributed by atoms with Gasteiger partial charge in [0.15, 0.2) is 0 Å². The molecule has 2 heteroatoms. The van der Waals surface area contributed by atoms with Gasteiger partial charge in [0.25, 0.3) is 0 Å². The van der Waals surface area contributed by atoms with Crippen molar-refractivity contribution in [2.75, 3.05) is 19.7 Å². The van der Waals surface area contributed by atoms with Crippen LogP contribution in [0.3, 0.4) is 0 Å². The second-order valence-corrected chi connectivity index (χ2v) is 5.11. The van der Waals surface area contributed by atoms with Gasteiger partial charge in [0.1, 0.15) is 0 Å². The lowest BCUT2D eigenvalue weighted by Crippen LogP contribution is -2.25. The lowest BCUT2D eigenvalue weighted by molar-refractivity contribution is 0.232. The molecule has 0 atom stereocenters. The Labute approximate surface area is 127 Å².